The molecule has 1 N–H and O–H groups in total. The van der Waals surface area contributed by atoms with Crippen LogP contribution < -0.4 is 5.32 Å². The standard InChI is InChI=1S/C27H23ClN4/c1-19(32-27(12-13-29)24-7-3-5-22(15-24)18-31)26(16-20-8-10-25(28)11-9-20)23-6-2-4-21(14-23)17-30/h2-11,14-15,19,26-27,32H,12,16H2,1H3/t19-,26?,27-/m0/s1. The Balaban J connectivity index is 1.92. The van der Waals surface area contributed by atoms with E-state index in [0.29, 0.717) is 16.1 Å². The molecule has 5 heteroatoms. The van der Waals surface area contributed by atoms with Gasteiger partial charge in [-0.15, -0.1) is 0 Å². The van der Waals surface area contributed by atoms with E-state index in [2.05, 4.69) is 30.4 Å². The Morgan fingerprint density at radius 2 is 1.44 bits per heavy atom. The van der Waals surface area contributed by atoms with Crippen LogP contribution in [0.4, 0.5) is 0 Å². The van der Waals surface area contributed by atoms with Gasteiger partial charge in [0.2, 0.25) is 0 Å². The number of rotatable bonds is 8. The van der Waals surface area contributed by atoms with Gasteiger partial charge in [-0.05, 0) is 66.4 Å². The second-order valence-electron chi connectivity index (χ2n) is 7.78. The molecule has 0 fully saturated rings. The lowest BCUT2D eigenvalue weighted by molar-refractivity contribution is 0.401. The van der Waals surface area contributed by atoms with Gasteiger partial charge in [-0.3, -0.25) is 0 Å². The highest BCUT2D eigenvalue weighted by Gasteiger charge is 2.24. The SMILES string of the molecule is C[C@H](N[C@@H](CC#N)c1cccc(C#N)c1)C(Cc1ccc(Cl)cc1)c1cccc(C#N)c1. The Morgan fingerprint density at radius 3 is 2.03 bits per heavy atom. The van der Waals surface area contributed by atoms with E-state index in [-0.39, 0.29) is 24.4 Å². The van der Waals surface area contributed by atoms with Gasteiger partial charge in [0.15, 0.2) is 0 Å². The summed E-state index contributed by atoms with van der Waals surface area (Å²) in [5.74, 6) is 0.0600. The van der Waals surface area contributed by atoms with Gasteiger partial charge in [-0.2, -0.15) is 15.8 Å². The summed E-state index contributed by atoms with van der Waals surface area (Å²) in [7, 11) is 0. The van der Waals surface area contributed by atoms with Crippen molar-refractivity contribution in [2.45, 2.75) is 37.8 Å². The molecule has 0 radical (unpaired) electrons. The van der Waals surface area contributed by atoms with Crippen LogP contribution in [0.15, 0.2) is 72.8 Å². The van der Waals surface area contributed by atoms with Crippen molar-refractivity contribution in [1.29, 1.82) is 15.8 Å². The molecule has 0 heterocycles. The van der Waals surface area contributed by atoms with Crippen molar-refractivity contribution in [3.8, 4) is 18.2 Å². The van der Waals surface area contributed by atoms with Crippen molar-refractivity contribution < 1.29 is 0 Å². The minimum absolute atomic E-state index is 0.0105. The predicted octanol–water partition coefficient (Wildman–Crippen LogP) is 6.04. The Bertz CT molecular complexity index is 1180. The van der Waals surface area contributed by atoms with Crippen molar-refractivity contribution in [3.63, 3.8) is 0 Å². The number of nitrogens with zero attached hydrogens (tertiary/aromatic N) is 3. The maximum absolute atomic E-state index is 9.42. The van der Waals surface area contributed by atoms with Gasteiger partial charge in [-0.25, -0.2) is 0 Å². The maximum atomic E-state index is 9.42. The molecule has 0 spiro atoms. The van der Waals surface area contributed by atoms with Crippen LogP contribution in [0, 0.1) is 34.0 Å². The summed E-state index contributed by atoms with van der Waals surface area (Å²) in [6.45, 7) is 2.10. The van der Waals surface area contributed by atoms with E-state index in [1.54, 1.807) is 12.1 Å². The third kappa shape index (κ3) is 5.96. The van der Waals surface area contributed by atoms with E-state index in [9.17, 15) is 15.8 Å². The highest BCUT2D eigenvalue weighted by molar-refractivity contribution is 6.30. The van der Waals surface area contributed by atoms with E-state index in [1.807, 2.05) is 60.7 Å². The molecule has 0 amide bonds. The first kappa shape index (κ1) is 23.1. The minimum atomic E-state index is -0.213. The molecule has 0 saturated carbocycles. The summed E-state index contributed by atoms with van der Waals surface area (Å²) in [4.78, 5) is 0. The zero-order valence-corrected chi connectivity index (χ0v) is 18.6. The quantitative estimate of drug-likeness (QED) is 0.464. The highest BCUT2D eigenvalue weighted by Crippen LogP contribution is 2.29. The van der Waals surface area contributed by atoms with Crippen LogP contribution >= 0.6 is 11.6 Å². The van der Waals surface area contributed by atoms with Gasteiger partial charge in [0.25, 0.3) is 0 Å². The minimum Gasteiger partial charge on any atom is -0.306 e. The predicted molar refractivity (Wildman–Crippen MR) is 126 cm³/mol. The molecule has 3 aromatic carbocycles. The first-order chi connectivity index (χ1) is 15.5. The number of halogens is 1. The number of hydrogen-bond acceptors (Lipinski definition) is 4. The molecule has 0 aliphatic rings. The first-order valence-electron chi connectivity index (χ1n) is 10.4. The molecular weight excluding hydrogens is 416 g/mol. The molecule has 3 aromatic rings. The fourth-order valence-electron chi connectivity index (χ4n) is 3.92. The van der Waals surface area contributed by atoms with Gasteiger partial charge in [0.1, 0.15) is 0 Å². The van der Waals surface area contributed by atoms with Gasteiger partial charge in [0.05, 0.1) is 35.8 Å². The zero-order chi connectivity index (χ0) is 22.9. The third-order valence-corrected chi connectivity index (χ3v) is 5.85. The summed E-state index contributed by atoms with van der Waals surface area (Å²) in [6, 6.07) is 29.2. The first-order valence-corrected chi connectivity index (χ1v) is 10.8. The molecule has 158 valence electrons. The van der Waals surface area contributed by atoms with Crippen LogP contribution in [-0.4, -0.2) is 6.04 Å². The average molecular weight is 439 g/mol. The summed E-state index contributed by atoms with van der Waals surface area (Å²) in [5, 5.41) is 32.3. The number of hydrogen-bond donors (Lipinski definition) is 1. The number of nitrogens with one attached hydrogen (secondary N) is 1. The van der Waals surface area contributed by atoms with E-state index in [0.717, 1.165) is 23.1 Å². The average Bonchev–Trinajstić information content (AvgIpc) is 2.83. The number of nitriles is 3. The third-order valence-electron chi connectivity index (χ3n) is 5.59. The van der Waals surface area contributed by atoms with Crippen LogP contribution in [0.1, 0.15) is 53.1 Å². The Kier molecular flexibility index (Phi) is 8.02. The molecule has 0 saturated heterocycles. The van der Waals surface area contributed by atoms with Gasteiger partial charge in [-0.1, -0.05) is 48.0 Å². The second-order valence-corrected chi connectivity index (χ2v) is 8.22. The molecule has 0 bridgehead atoms. The molecule has 1 unspecified atom stereocenters. The van der Waals surface area contributed by atoms with Gasteiger partial charge < -0.3 is 5.32 Å². The largest absolute Gasteiger partial charge is 0.306 e. The van der Waals surface area contributed by atoms with E-state index in [4.69, 9.17) is 11.6 Å². The van der Waals surface area contributed by atoms with Crippen LogP contribution in [-0.2, 0) is 6.42 Å². The summed E-state index contributed by atoms with van der Waals surface area (Å²) in [5.41, 5.74) is 4.29. The summed E-state index contributed by atoms with van der Waals surface area (Å²) in [6.07, 6.45) is 1.03. The van der Waals surface area contributed by atoms with Crippen LogP contribution in [0.5, 0.6) is 0 Å². The normalized spacial score (nSPS) is 13.2. The van der Waals surface area contributed by atoms with Crippen molar-refractivity contribution >= 4 is 11.6 Å². The van der Waals surface area contributed by atoms with Gasteiger partial charge in [0, 0.05) is 23.0 Å². The molecule has 4 nitrogen and oxygen atoms in total. The van der Waals surface area contributed by atoms with Crippen molar-refractivity contribution in [1.82, 2.24) is 5.32 Å². The van der Waals surface area contributed by atoms with Crippen molar-refractivity contribution in [2.75, 3.05) is 0 Å². The molecule has 3 rings (SSSR count). The highest BCUT2D eigenvalue weighted by atomic mass is 35.5. The monoisotopic (exact) mass is 438 g/mol. The Morgan fingerprint density at radius 1 is 0.844 bits per heavy atom. The second kappa shape index (κ2) is 11.1. The molecule has 0 aromatic heterocycles. The molecule has 3 atom stereocenters. The summed E-state index contributed by atoms with van der Waals surface area (Å²) < 4.78 is 0. The fraction of sp³-hybridized carbons (Fsp3) is 0.222. The molecule has 32 heavy (non-hydrogen) atoms. The van der Waals surface area contributed by atoms with Crippen LogP contribution in [0.25, 0.3) is 0 Å². The smallest absolute Gasteiger partial charge is 0.0991 e. The lowest BCUT2D eigenvalue weighted by atomic mass is 9.85. The van der Waals surface area contributed by atoms with E-state index >= 15 is 0 Å². The maximum Gasteiger partial charge on any atom is 0.0991 e. The fourth-order valence-corrected chi connectivity index (χ4v) is 4.05. The van der Waals surface area contributed by atoms with E-state index in [1.165, 1.54) is 0 Å². The topological polar surface area (TPSA) is 83.4 Å². The summed E-state index contributed by atoms with van der Waals surface area (Å²) >= 11 is 6.06. The number of benzene rings is 3. The van der Waals surface area contributed by atoms with Crippen LogP contribution in [0.3, 0.4) is 0 Å². The lowest BCUT2D eigenvalue weighted by Gasteiger charge is -2.30. The lowest BCUT2D eigenvalue weighted by Crippen LogP contribution is -2.36. The molecular formula is C27H23ClN4. The zero-order valence-electron chi connectivity index (χ0n) is 17.8. The van der Waals surface area contributed by atoms with E-state index < -0.39 is 0 Å². The molecule has 0 aliphatic carbocycles. The molecule has 0 aliphatic heterocycles. The Labute approximate surface area is 194 Å². The van der Waals surface area contributed by atoms with Gasteiger partial charge >= 0.3 is 0 Å². The van der Waals surface area contributed by atoms with Crippen molar-refractivity contribution in [2.24, 2.45) is 0 Å². The van der Waals surface area contributed by atoms with Crippen molar-refractivity contribution in [3.05, 3.63) is 106 Å². The Hall–Kier alpha value is -3.62. The van der Waals surface area contributed by atoms with Crippen LogP contribution in [0.2, 0.25) is 5.02 Å².